The maximum absolute atomic E-state index is 11.8. The highest BCUT2D eigenvalue weighted by Crippen LogP contribution is 2.32. The van der Waals surface area contributed by atoms with E-state index in [1.807, 2.05) is 0 Å². The van der Waals surface area contributed by atoms with E-state index in [9.17, 15) is 9.59 Å². The van der Waals surface area contributed by atoms with Crippen LogP contribution in [0, 0.1) is 0 Å². The molecule has 2 aromatic rings. The van der Waals surface area contributed by atoms with E-state index in [0.29, 0.717) is 17.2 Å². The minimum Gasteiger partial charge on any atom is -0.454 e. The number of hydrogen-bond donors (Lipinski definition) is 2. The number of carbonyl (C=O) groups is 2. The number of ether oxygens (including phenoxy) is 2. The van der Waals surface area contributed by atoms with E-state index in [2.05, 4.69) is 15.6 Å². The van der Waals surface area contributed by atoms with E-state index in [4.69, 9.17) is 9.47 Å². The highest BCUT2D eigenvalue weighted by Gasteiger charge is 2.15. The fraction of sp³-hybridized carbons (Fsp3) is 0.133. The van der Waals surface area contributed by atoms with E-state index >= 15 is 0 Å². The molecule has 2 N–H and O–H groups in total. The molecule has 0 saturated carbocycles. The third kappa shape index (κ3) is 3.14. The zero-order valence-electron chi connectivity index (χ0n) is 11.5. The number of carbonyl (C=O) groups excluding carboxylic acids is 2. The van der Waals surface area contributed by atoms with E-state index in [-0.39, 0.29) is 13.3 Å². The van der Waals surface area contributed by atoms with Gasteiger partial charge in [0, 0.05) is 24.6 Å². The minimum absolute atomic E-state index is 0.194. The summed E-state index contributed by atoms with van der Waals surface area (Å²) in [4.78, 5) is 27.3. The summed E-state index contributed by atoms with van der Waals surface area (Å²) in [7, 11) is 0. The monoisotopic (exact) mass is 299 g/mol. The molecule has 0 aliphatic carbocycles. The van der Waals surface area contributed by atoms with E-state index < -0.39 is 11.8 Å². The fourth-order valence-electron chi connectivity index (χ4n) is 1.94. The molecule has 0 spiro atoms. The van der Waals surface area contributed by atoms with Crippen LogP contribution in [0.5, 0.6) is 11.5 Å². The number of fused-ring (bicyclic) bond motifs is 1. The largest absolute Gasteiger partial charge is 0.454 e. The van der Waals surface area contributed by atoms with Crippen molar-refractivity contribution in [1.29, 1.82) is 0 Å². The Kier molecular flexibility index (Phi) is 3.86. The van der Waals surface area contributed by atoms with Gasteiger partial charge in [0.25, 0.3) is 0 Å². The molecule has 2 heterocycles. The zero-order valence-corrected chi connectivity index (χ0v) is 11.5. The first-order valence-corrected chi connectivity index (χ1v) is 6.60. The lowest BCUT2D eigenvalue weighted by molar-refractivity contribution is -0.136. The number of amides is 2. The van der Waals surface area contributed by atoms with Crippen LogP contribution in [0.3, 0.4) is 0 Å². The van der Waals surface area contributed by atoms with Gasteiger partial charge in [-0.2, -0.15) is 0 Å². The van der Waals surface area contributed by atoms with Crippen LogP contribution < -0.4 is 20.1 Å². The van der Waals surface area contributed by atoms with Crippen molar-refractivity contribution in [3.8, 4) is 11.5 Å². The molecule has 1 aliphatic heterocycles. The lowest BCUT2D eigenvalue weighted by Gasteiger charge is -2.07. The third-order valence-electron chi connectivity index (χ3n) is 3.03. The van der Waals surface area contributed by atoms with Crippen molar-refractivity contribution >= 4 is 17.5 Å². The predicted octanol–water partition coefficient (Wildman–Crippen LogP) is 1.07. The molecule has 0 unspecified atom stereocenters. The normalized spacial score (nSPS) is 11.8. The summed E-state index contributed by atoms with van der Waals surface area (Å²) >= 11 is 0. The van der Waals surface area contributed by atoms with Gasteiger partial charge in [0.05, 0.1) is 0 Å². The van der Waals surface area contributed by atoms with E-state index in [1.165, 1.54) is 12.4 Å². The van der Waals surface area contributed by atoms with Crippen LogP contribution in [-0.4, -0.2) is 23.6 Å². The maximum atomic E-state index is 11.8. The van der Waals surface area contributed by atoms with Gasteiger partial charge in [0.15, 0.2) is 11.5 Å². The number of nitrogens with zero attached hydrogens (tertiary/aromatic N) is 1. The summed E-state index contributed by atoms with van der Waals surface area (Å²) in [5.74, 6) is -0.139. The number of rotatable bonds is 3. The summed E-state index contributed by atoms with van der Waals surface area (Å²) in [6, 6.07) is 8.53. The second-order valence-electron chi connectivity index (χ2n) is 4.56. The Morgan fingerprint density at radius 2 is 1.82 bits per heavy atom. The lowest BCUT2D eigenvalue weighted by atomic mass is 10.2. The Morgan fingerprint density at radius 1 is 1.05 bits per heavy atom. The third-order valence-corrected chi connectivity index (χ3v) is 3.03. The summed E-state index contributed by atoms with van der Waals surface area (Å²) in [6.07, 6.45) is 3.06. The molecule has 112 valence electrons. The van der Waals surface area contributed by atoms with Crippen LogP contribution >= 0.6 is 0 Å². The van der Waals surface area contributed by atoms with Gasteiger partial charge in [-0.1, -0.05) is 6.07 Å². The number of nitrogens with one attached hydrogen (secondary N) is 2. The number of pyridine rings is 1. The Morgan fingerprint density at radius 3 is 2.64 bits per heavy atom. The van der Waals surface area contributed by atoms with Crippen LogP contribution in [0.4, 0.5) is 5.69 Å². The molecule has 2 amide bonds. The Labute approximate surface area is 126 Å². The lowest BCUT2D eigenvalue weighted by Crippen LogP contribution is -2.34. The van der Waals surface area contributed by atoms with Gasteiger partial charge in [0.1, 0.15) is 0 Å². The highest BCUT2D eigenvalue weighted by molar-refractivity contribution is 6.39. The van der Waals surface area contributed by atoms with Gasteiger partial charge in [-0.3, -0.25) is 14.6 Å². The Bertz CT molecular complexity index is 703. The van der Waals surface area contributed by atoms with Gasteiger partial charge >= 0.3 is 11.8 Å². The van der Waals surface area contributed by atoms with Crippen LogP contribution in [-0.2, 0) is 16.1 Å². The first-order chi connectivity index (χ1) is 10.7. The molecule has 3 rings (SSSR count). The van der Waals surface area contributed by atoms with Crippen molar-refractivity contribution in [2.24, 2.45) is 0 Å². The zero-order chi connectivity index (χ0) is 15.4. The first-order valence-electron chi connectivity index (χ1n) is 6.60. The summed E-state index contributed by atoms with van der Waals surface area (Å²) < 4.78 is 10.5. The Hall–Kier alpha value is -3.09. The maximum Gasteiger partial charge on any atom is 0.313 e. The van der Waals surface area contributed by atoms with Crippen molar-refractivity contribution in [1.82, 2.24) is 10.3 Å². The van der Waals surface area contributed by atoms with Crippen LogP contribution in [0.2, 0.25) is 0 Å². The molecular formula is C15H13N3O4. The standard InChI is InChI=1S/C15H13N3O4/c19-14(15(20)18-11-3-5-16-6-4-11)17-8-10-1-2-12-13(7-10)22-9-21-12/h1-7H,8-9H2,(H,17,19)(H,16,18,20). The van der Waals surface area contributed by atoms with E-state index in [0.717, 1.165) is 5.56 Å². The van der Waals surface area contributed by atoms with Crippen LogP contribution in [0.1, 0.15) is 5.56 Å². The quantitative estimate of drug-likeness (QED) is 0.827. The molecule has 1 aliphatic rings. The average Bonchev–Trinajstić information content (AvgIpc) is 3.01. The molecule has 1 aromatic heterocycles. The second-order valence-corrected chi connectivity index (χ2v) is 4.56. The van der Waals surface area contributed by atoms with Gasteiger partial charge in [-0.05, 0) is 29.8 Å². The number of aromatic nitrogens is 1. The SMILES string of the molecule is O=C(NCc1ccc2c(c1)OCO2)C(=O)Nc1ccncc1. The van der Waals surface area contributed by atoms with Gasteiger partial charge in [-0.15, -0.1) is 0 Å². The minimum atomic E-state index is -0.730. The predicted molar refractivity (Wildman–Crippen MR) is 77.3 cm³/mol. The van der Waals surface area contributed by atoms with Crippen molar-refractivity contribution in [3.63, 3.8) is 0 Å². The number of anilines is 1. The molecule has 1 aromatic carbocycles. The molecule has 7 heteroatoms. The van der Waals surface area contributed by atoms with E-state index in [1.54, 1.807) is 30.3 Å². The summed E-state index contributed by atoms with van der Waals surface area (Å²) in [5, 5.41) is 5.03. The molecule has 0 fully saturated rings. The summed E-state index contributed by atoms with van der Waals surface area (Å²) in [6.45, 7) is 0.415. The molecule has 0 radical (unpaired) electrons. The molecular weight excluding hydrogens is 286 g/mol. The highest BCUT2D eigenvalue weighted by atomic mass is 16.7. The molecule has 0 saturated heterocycles. The van der Waals surface area contributed by atoms with Gasteiger partial charge in [-0.25, -0.2) is 0 Å². The summed E-state index contributed by atoms with van der Waals surface area (Å²) in [5.41, 5.74) is 1.33. The Balaban J connectivity index is 1.54. The molecule has 7 nitrogen and oxygen atoms in total. The molecule has 0 bridgehead atoms. The van der Waals surface area contributed by atoms with Crippen molar-refractivity contribution in [2.75, 3.05) is 12.1 Å². The van der Waals surface area contributed by atoms with Gasteiger partial charge < -0.3 is 20.1 Å². The fourth-order valence-corrected chi connectivity index (χ4v) is 1.94. The number of hydrogen-bond acceptors (Lipinski definition) is 5. The van der Waals surface area contributed by atoms with Crippen molar-refractivity contribution < 1.29 is 19.1 Å². The van der Waals surface area contributed by atoms with Crippen molar-refractivity contribution in [3.05, 3.63) is 48.3 Å². The smallest absolute Gasteiger partial charge is 0.313 e. The second kappa shape index (κ2) is 6.13. The average molecular weight is 299 g/mol. The first kappa shape index (κ1) is 13.9. The molecule has 22 heavy (non-hydrogen) atoms. The van der Waals surface area contributed by atoms with Crippen LogP contribution in [0.15, 0.2) is 42.7 Å². The number of benzene rings is 1. The van der Waals surface area contributed by atoms with Crippen LogP contribution in [0.25, 0.3) is 0 Å². The van der Waals surface area contributed by atoms with Gasteiger partial charge in [0.2, 0.25) is 6.79 Å². The molecule has 0 atom stereocenters. The van der Waals surface area contributed by atoms with Crippen molar-refractivity contribution in [2.45, 2.75) is 6.54 Å². The topological polar surface area (TPSA) is 89.5 Å².